The summed E-state index contributed by atoms with van der Waals surface area (Å²) in [7, 11) is 0. The van der Waals surface area contributed by atoms with Crippen LogP contribution in [0.25, 0.3) is 11.1 Å². The van der Waals surface area contributed by atoms with E-state index in [0.717, 1.165) is 21.7 Å². The van der Waals surface area contributed by atoms with Crippen LogP contribution in [0.3, 0.4) is 0 Å². The molecule has 0 spiro atoms. The number of hydrogen-bond acceptors (Lipinski definition) is 1. The highest BCUT2D eigenvalue weighted by molar-refractivity contribution is 6.30. The molecule has 3 heteroatoms. The molecule has 0 unspecified atom stereocenters. The molecule has 0 aliphatic heterocycles. The Balaban J connectivity index is 0.00000128. The summed E-state index contributed by atoms with van der Waals surface area (Å²) in [4.78, 5) is 0. The van der Waals surface area contributed by atoms with Crippen molar-refractivity contribution in [3.63, 3.8) is 0 Å². The van der Waals surface area contributed by atoms with Crippen molar-refractivity contribution in [2.75, 3.05) is 0 Å². The van der Waals surface area contributed by atoms with Crippen molar-refractivity contribution in [3.05, 3.63) is 59.1 Å². The molecular weight excluding hydrogens is 241 g/mol. The van der Waals surface area contributed by atoms with Gasteiger partial charge in [-0.15, -0.1) is 12.4 Å². The van der Waals surface area contributed by atoms with Crippen molar-refractivity contribution < 1.29 is 0 Å². The van der Waals surface area contributed by atoms with Gasteiger partial charge in [-0.2, -0.15) is 0 Å². The van der Waals surface area contributed by atoms with Crippen molar-refractivity contribution in [1.29, 1.82) is 0 Å². The Morgan fingerprint density at radius 1 is 1.00 bits per heavy atom. The van der Waals surface area contributed by atoms with Crippen molar-refractivity contribution in [3.8, 4) is 11.1 Å². The van der Waals surface area contributed by atoms with E-state index in [1.54, 1.807) is 0 Å². The molecule has 0 amide bonds. The molecule has 2 rings (SSSR count). The van der Waals surface area contributed by atoms with Gasteiger partial charge in [0.05, 0.1) is 0 Å². The minimum atomic E-state index is 0. The molecule has 0 heterocycles. The quantitative estimate of drug-likeness (QED) is 0.864. The van der Waals surface area contributed by atoms with Gasteiger partial charge in [-0.3, -0.25) is 0 Å². The van der Waals surface area contributed by atoms with Crippen LogP contribution in [0.15, 0.2) is 48.5 Å². The molecule has 16 heavy (non-hydrogen) atoms. The molecule has 2 N–H and O–H groups in total. The zero-order valence-electron chi connectivity index (χ0n) is 8.69. The Labute approximate surface area is 107 Å². The third kappa shape index (κ3) is 2.76. The summed E-state index contributed by atoms with van der Waals surface area (Å²) in [5, 5.41) is 0.749. The van der Waals surface area contributed by atoms with Crippen LogP contribution in [0.2, 0.25) is 5.02 Å². The van der Waals surface area contributed by atoms with E-state index >= 15 is 0 Å². The van der Waals surface area contributed by atoms with Crippen LogP contribution < -0.4 is 5.73 Å². The van der Waals surface area contributed by atoms with Crippen LogP contribution in [-0.4, -0.2) is 0 Å². The minimum Gasteiger partial charge on any atom is -0.326 e. The maximum absolute atomic E-state index is 5.96. The van der Waals surface area contributed by atoms with E-state index in [4.69, 9.17) is 17.3 Å². The molecule has 0 saturated heterocycles. The lowest BCUT2D eigenvalue weighted by Crippen LogP contribution is -1.98. The summed E-state index contributed by atoms with van der Waals surface area (Å²) < 4.78 is 0. The second-order valence-corrected chi connectivity index (χ2v) is 3.81. The molecule has 0 saturated carbocycles. The van der Waals surface area contributed by atoms with Gasteiger partial charge in [0, 0.05) is 11.6 Å². The van der Waals surface area contributed by atoms with E-state index in [2.05, 4.69) is 6.07 Å². The monoisotopic (exact) mass is 253 g/mol. The van der Waals surface area contributed by atoms with Crippen molar-refractivity contribution in [1.82, 2.24) is 0 Å². The van der Waals surface area contributed by atoms with Gasteiger partial charge >= 0.3 is 0 Å². The lowest BCUT2D eigenvalue weighted by atomic mass is 10.00. The molecule has 1 nitrogen and oxygen atoms in total. The molecule has 2 aromatic carbocycles. The first-order valence-corrected chi connectivity index (χ1v) is 5.23. The number of nitrogens with two attached hydrogens (primary N) is 1. The van der Waals surface area contributed by atoms with Crippen LogP contribution >= 0.6 is 24.0 Å². The van der Waals surface area contributed by atoms with Gasteiger partial charge in [0.25, 0.3) is 0 Å². The largest absolute Gasteiger partial charge is 0.326 e. The molecule has 84 valence electrons. The normalized spacial score (nSPS) is 9.62. The zero-order valence-corrected chi connectivity index (χ0v) is 10.3. The first-order chi connectivity index (χ1) is 7.31. The third-order valence-electron chi connectivity index (χ3n) is 2.37. The van der Waals surface area contributed by atoms with Crippen molar-refractivity contribution in [2.45, 2.75) is 6.54 Å². The standard InChI is InChI=1S/C13H12ClN.ClH/c14-12-6-3-5-10(8-12)13-7-2-1-4-11(13)9-15;/h1-8H,9,15H2;1H. The molecule has 2 aromatic rings. The number of halogens is 2. The summed E-state index contributed by atoms with van der Waals surface area (Å²) in [6, 6.07) is 15.9. The topological polar surface area (TPSA) is 26.0 Å². The Morgan fingerprint density at radius 3 is 2.44 bits per heavy atom. The van der Waals surface area contributed by atoms with Gasteiger partial charge in [-0.25, -0.2) is 0 Å². The molecular formula is C13H13Cl2N. The minimum absolute atomic E-state index is 0. The Morgan fingerprint density at radius 2 is 1.75 bits per heavy atom. The second-order valence-electron chi connectivity index (χ2n) is 3.37. The lowest BCUT2D eigenvalue weighted by Gasteiger charge is -2.07. The van der Waals surface area contributed by atoms with E-state index in [1.165, 1.54) is 0 Å². The summed E-state index contributed by atoms with van der Waals surface area (Å²) in [5.41, 5.74) is 9.10. The van der Waals surface area contributed by atoms with Crippen molar-refractivity contribution in [2.24, 2.45) is 5.73 Å². The van der Waals surface area contributed by atoms with Crippen LogP contribution in [0.5, 0.6) is 0 Å². The molecule has 0 aliphatic carbocycles. The van der Waals surface area contributed by atoms with E-state index in [-0.39, 0.29) is 12.4 Å². The predicted octanol–water partition coefficient (Wildman–Crippen LogP) is 3.89. The van der Waals surface area contributed by atoms with Crippen LogP contribution in [0.4, 0.5) is 0 Å². The fourth-order valence-corrected chi connectivity index (χ4v) is 1.83. The van der Waals surface area contributed by atoms with Crippen LogP contribution in [0, 0.1) is 0 Å². The van der Waals surface area contributed by atoms with Gasteiger partial charge < -0.3 is 5.73 Å². The predicted molar refractivity (Wildman–Crippen MR) is 72.0 cm³/mol. The van der Waals surface area contributed by atoms with Crippen LogP contribution in [0.1, 0.15) is 5.56 Å². The van der Waals surface area contributed by atoms with Gasteiger partial charge in [-0.1, -0.05) is 48.0 Å². The fourth-order valence-electron chi connectivity index (χ4n) is 1.64. The number of hydrogen-bond donors (Lipinski definition) is 1. The summed E-state index contributed by atoms with van der Waals surface area (Å²) in [5.74, 6) is 0. The first-order valence-electron chi connectivity index (χ1n) is 4.85. The number of rotatable bonds is 2. The highest BCUT2D eigenvalue weighted by Crippen LogP contribution is 2.25. The van der Waals surface area contributed by atoms with Gasteiger partial charge in [0.1, 0.15) is 0 Å². The third-order valence-corrected chi connectivity index (χ3v) is 2.61. The van der Waals surface area contributed by atoms with E-state index in [9.17, 15) is 0 Å². The fraction of sp³-hybridized carbons (Fsp3) is 0.0769. The van der Waals surface area contributed by atoms with Gasteiger partial charge in [-0.05, 0) is 28.8 Å². The Kier molecular flexibility index (Phi) is 4.81. The molecule has 0 bridgehead atoms. The Bertz CT molecular complexity index is 469. The Hall–Kier alpha value is -1.02. The summed E-state index contributed by atoms with van der Waals surface area (Å²) in [6.45, 7) is 0.544. The average molecular weight is 254 g/mol. The van der Waals surface area contributed by atoms with E-state index in [0.29, 0.717) is 6.54 Å². The summed E-state index contributed by atoms with van der Waals surface area (Å²) in [6.07, 6.45) is 0. The maximum Gasteiger partial charge on any atom is 0.0412 e. The SMILES string of the molecule is Cl.NCc1ccccc1-c1cccc(Cl)c1. The highest BCUT2D eigenvalue weighted by Gasteiger charge is 2.02. The van der Waals surface area contributed by atoms with Gasteiger partial charge in [0.15, 0.2) is 0 Å². The molecule has 0 atom stereocenters. The lowest BCUT2D eigenvalue weighted by molar-refractivity contribution is 1.07. The van der Waals surface area contributed by atoms with E-state index < -0.39 is 0 Å². The molecule has 0 radical (unpaired) electrons. The number of benzene rings is 2. The molecule has 0 fully saturated rings. The smallest absolute Gasteiger partial charge is 0.0412 e. The molecule has 0 aromatic heterocycles. The first kappa shape index (κ1) is 13.0. The molecule has 0 aliphatic rings. The van der Waals surface area contributed by atoms with Gasteiger partial charge in [0.2, 0.25) is 0 Å². The second kappa shape index (κ2) is 5.90. The van der Waals surface area contributed by atoms with Crippen molar-refractivity contribution >= 4 is 24.0 Å². The average Bonchev–Trinajstić information content (AvgIpc) is 2.29. The summed E-state index contributed by atoms with van der Waals surface area (Å²) >= 11 is 5.96. The zero-order chi connectivity index (χ0) is 10.7. The maximum atomic E-state index is 5.96. The highest BCUT2D eigenvalue weighted by atomic mass is 35.5. The van der Waals surface area contributed by atoms with E-state index in [1.807, 2.05) is 42.5 Å². The van der Waals surface area contributed by atoms with Crippen LogP contribution in [-0.2, 0) is 6.54 Å².